The minimum Gasteiger partial charge on any atom is -0.477 e. The third-order valence-electron chi connectivity index (χ3n) is 3.71. The second-order valence-corrected chi connectivity index (χ2v) is 4.98. The zero-order valence-electron chi connectivity index (χ0n) is 11.1. The molecule has 0 saturated carbocycles. The van der Waals surface area contributed by atoms with Gasteiger partial charge in [-0.05, 0) is 18.2 Å². The molecule has 0 spiro atoms. The predicted octanol–water partition coefficient (Wildman–Crippen LogP) is 3.46. The number of rotatable bonds is 2. The Morgan fingerprint density at radius 1 is 1.00 bits per heavy atom. The molecule has 0 amide bonds. The second-order valence-electron chi connectivity index (χ2n) is 4.98. The molecule has 108 valence electrons. The zero-order chi connectivity index (χ0) is 15.4. The number of H-pyrrole nitrogens is 1. The van der Waals surface area contributed by atoms with Gasteiger partial charge in [-0.1, -0.05) is 18.2 Å². The number of carboxylic acid groups (broad SMARTS) is 2. The van der Waals surface area contributed by atoms with Crippen molar-refractivity contribution in [2.45, 2.75) is 0 Å². The monoisotopic (exact) mass is 295 g/mol. The lowest BCUT2D eigenvalue weighted by Crippen LogP contribution is -1.98. The molecule has 0 fully saturated rings. The molecule has 4 rings (SSSR count). The highest BCUT2D eigenvalue weighted by molar-refractivity contribution is 6.20. The number of carboxylic acids is 2. The number of benzene rings is 2. The van der Waals surface area contributed by atoms with Gasteiger partial charge in [0.1, 0.15) is 5.56 Å². The molecule has 0 atom stereocenters. The zero-order valence-corrected chi connectivity index (χ0v) is 11.1. The molecule has 3 N–H and O–H groups in total. The van der Waals surface area contributed by atoms with E-state index in [0.29, 0.717) is 10.9 Å². The number of carbonyl (C=O) groups is 2. The first kappa shape index (κ1) is 12.5. The van der Waals surface area contributed by atoms with Crippen LogP contribution in [0.1, 0.15) is 20.9 Å². The average molecular weight is 295 g/mol. The number of aromatic amines is 1. The number of hydrogen-bond acceptors (Lipinski definition) is 3. The lowest BCUT2D eigenvalue weighted by atomic mass is 10.1. The maximum Gasteiger partial charge on any atom is 0.371 e. The highest BCUT2D eigenvalue weighted by Crippen LogP contribution is 2.34. The van der Waals surface area contributed by atoms with Crippen LogP contribution in [0.4, 0.5) is 0 Å². The number of hydrogen-bond donors (Lipinski definition) is 3. The third kappa shape index (κ3) is 1.54. The summed E-state index contributed by atoms with van der Waals surface area (Å²) in [6.45, 7) is 0. The highest BCUT2D eigenvalue weighted by atomic mass is 16.4. The number of nitrogens with one attached hydrogen (secondary N) is 1. The summed E-state index contributed by atoms with van der Waals surface area (Å²) in [5, 5.41) is 20.6. The number of aromatic nitrogens is 1. The van der Waals surface area contributed by atoms with E-state index in [1.54, 1.807) is 6.07 Å². The topological polar surface area (TPSA) is 104 Å². The molecule has 0 radical (unpaired) electrons. The van der Waals surface area contributed by atoms with Crippen molar-refractivity contribution in [1.29, 1.82) is 0 Å². The van der Waals surface area contributed by atoms with Crippen molar-refractivity contribution >= 4 is 44.7 Å². The van der Waals surface area contributed by atoms with Crippen molar-refractivity contribution in [3.8, 4) is 0 Å². The predicted molar refractivity (Wildman–Crippen MR) is 79.5 cm³/mol. The number of aromatic carboxylic acids is 2. The highest BCUT2D eigenvalue weighted by Gasteiger charge is 2.22. The van der Waals surface area contributed by atoms with Crippen LogP contribution in [0, 0.1) is 0 Å². The van der Waals surface area contributed by atoms with Gasteiger partial charge in [0, 0.05) is 21.7 Å². The Hall–Kier alpha value is -3.28. The van der Waals surface area contributed by atoms with Crippen LogP contribution in [0.25, 0.3) is 32.8 Å². The quantitative estimate of drug-likeness (QED) is 0.525. The van der Waals surface area contributed by atoms with Crippen molar-refractivity contribution in [2.24, 2.45) is 0 Å². The SMILES string of the molecule is O=C(O)c1cc2cc3c([nH]c4ccccc43)c(C(=O)O)c2o1. The first-order valence-corrected chi connectivity index (χ1v) is 6.50. The van der Waals surface area contributed by atoms with Crippen LogP contribution >= 0.6 is 0 Å². The van der Waals surface area contributed by atoms with E-state index in [1.807, 2.05) is 24.3 Å². The molecule has 0 aliphatic heterocycles. The summed E-state index contributed by atoms with van der Waals surface area (Å²) < 4.78 is 5.23. The fraction of sp³-hybridized carbons (Fsp3) is 0. The fourth-order valence-electron chi connectivity index (χ4n) is 2.80. The smallest absolute Gasteiger partial charge is 0.371 e. The van der Waals surface area contributed by atoms with Gasteiger partial charge in [-0.3, -0.25) is 0 Å². The summed E-state index contributed by atoms with van der Waals surface area (Å²) in [5.41, 5.74) is 1.23. The normalized spacial score (nSPS) is 11.5. The van der Waals surface area contributed by atoms with Crippen LogP contribution in [0.2, 0.25) is 0 Å². The maximum absolute atomic E-state index is 11.7. The summed E-state index contributed by atoms with van der Waals surface area (Å²) in [6, 6.07) is 10.5. The van der Waals surface area contributed by atoms with Gasteiger partial charge in [0.15, 0.2) is 5.58 Å². The van der Waals surface area contributed by atoms with Crippen LogP contribution < -0.4 is 0 Å². The number of furan rings is 1. The number of fused-ring (bicyclic) bond motifs is 4. The molecule has 22 heavy (non-hydrogen) atoms. The molecule has 2 aromatic heterocycles. The molecule has 4 aromatic rings. The molecule has 2 aromatic carbocycles. The van der Waals surface area contributed by atoms with Crippen molar-refractivity contribution in [1.82, 2.24) is 4.98 Å². The van der Waals surface area contributed by atoms with E-state index in [-0.39, 0.29) is 16.9 Å². The Morgan fingerprint density at radius 2 is 1.77 bits per heavy atom. The molecular weight excluding hydrogens is 286 g/mol. The van der Waals surface area contributed by atoms with E-state index in [0.717, 1.165) is 16.3 Å². The summed E-state index contributed by atoms with van der Waals surface area (Å²) in [7, 11) is 0. The van der Waals surface area contributed by atoms with Gasteiger partial charge in [0.25, 0.3) is 0 Å². The lowest BCUT2D eigenvalue weighted by molar-refractivity contribution is 0.0657. The van der Waals surface area contributed by atoms with Crippen LogP contribution in [0.15, 0.2) is 40.8 Å². The van der Waals surface area contributed by atoms with Crippen molar-refractivity contribution < 1.29 is 24.2 Å². The van der Waals surface area contributed by atoms with E-state index >= 15 is 0 Å². The van der Waals surface area contributed by atoms with Gasteiger partial charge in [0.2, 0.25) is 5.76 Å². The van der Waals surface area contributed by atoms with E-state index in [1.165, 1.54) is 6.07 Å². The Labute approximate surface area is 122 Å². The summed E-state index contributed by atoms with van der Waals surface area (Å²) in [6.07, 6.45) is 0. The maximum atomic E-state index is 11.7. The molecule has 6 nitrogen and oxygen atoms in total. The van der Waals surface area contributed by atoms with Gasteiger partial charge in [0.05, 0.1) is 5.52 Å². The Bertz CT molecular complexity index is 1090. The number of para-hydroxylation sites is 1. The molecule has 0 unspecified atom stereocenters. The van der Waals surface area contributed by atoms with E-state index in [2.05, 4.69) is 4.98 Å². The molecule has 0 aliphatic carbocycles. The standard InChI is InChI=1S/C16H9NO5/c18-15(19)11-6-7-5-9-8-3-1-2-4-10(8)17-13(9)12(16(20)21)14(7)22-11/h1-6,17H,(H,18,19)(H,20,21). The van der Waals surface area contributed by atoms with Crippen molar-refractivity contribution in [3.63, 3.8) is 0 Å². The molecule has 0 aliphatic rings. The Kier molecular flexibility index (Phi) is 2.33. The fourth-order valence-corrected chi connectivity index (χ4v) is 2.80. The average Bonchev–Trinajstić information content (AvgIpc) is 3.05. The molecular formula is C16H9NO5. The minimum absolute atomic E-state index is 0.0591. The summed E-state index contributed by atoms with van der Waals surface area (Å²) >= 11 is 0. The largest absolute Gasteiger partial charge is 0.477 e. The summed E-state index contributed by atoms with van der Waals surface area (Å²) in [5.74, 6) is -2.69. The Balaban J connectivity index is 2.25. The van der Waals surface area contributed by atoms with Gasteiger partial charge >= 0.3 is 11.9 Å². The van der Waals surface area contributed by atoms with Gasteiger partial charge in [-0.2, -0.15) is 0 Å². The molecule has 6 heteroatoms. The molecule has 2 heterocycles. The van der Waals surface area contributed by atoms with Crippen LogP contribution in [-0.2, 0) is 0 Å². The van der Waals surface area contributed by atoms with E-state index in [9.17, 15) is 14.7 Å². The van der Waals surface area contributed by atoms with Crippen molar-refractivity contribution in [2.75, 3.05) is 0 Å². The van der Waals surface area contributed by atoms with Gasteiger partial charge < -0.3 is 19.6 Å². The van der Waals surface area contributed by atoms with Crippen molar-refractivity contribution in [3.05, 3.63) is 47.7 Å². The van der Waals surface area contributed by atoms with Crippen LogP contribution in [0.3, 0.4) is 0 Å². The molecule has 0 saturated heterocycles. The van der Waals surface area contributed by atoms with Gasteiger partial charge in [-0.15, -0.1) is 0 Å². The minimum atomic E-state index is -1.24. The Morgan fingerprint density at radius 3 is 2.50 bits per heavy atom. The first-order valence-electron chi connectivity index (χ1n) is 6.50. The lowest BCUT2D eigenvalue weighted by Gasteiger charge is -1.99. The van der Waals surface area contributed by atoms with E-state index in [4.69, 9.17) is 9.52 Å². The molecule has 0 bridgehead atoms. The van der Waals surface area contributed by atoms with E-state index < -0.39 is 11.9 Å². The second kappa shape index (κ2) is 4.11. The van der Waals surface area contributed by atoms with Gasteiger partial charge in [-0.25, -0.2) is 9.59 Å². The van der Waals surface area contributed by atoms with Crippen LogP contribution in [-0.4, -0.2) is 27.1 Å². The first-order chi connectivity index (χ1) is 10.6. The summed E-state index contributed by atoms with van der Waals surface area (Å²) in [4.78, 5) is 25.8. The third-order valence-corrected chi connectivity index (χ3v) is 3.71. The van der Waals surface area contributed by atoms with Crippen LogP contribution in [0.5, 0.6) is 0 Å².